The number of benzene rings is 3. The molecular formula is C28H26O2. The minimum absolute atomic E-state index is 0.0223. The van der Waals surface area contributed by atoms with Gasteiger partial charge in [-0.2, -0.15) is 0 Å². The van der Waals surface area contributed by atoms with Gasteiger partial charge in [-0.25, -0.2) is 0 Å². The zero-order valence-corrected chi connectivity index (χ0v) is 18.4. The summed E-state index contributed by atoms with van der Waals surface area (Å²) in [5, 5.41) is 6.53. The standard InChI is InChI=1S/C28H26O2/c1-27(2,3)15-7-9-17-19-13-24-20(14-23(19)25(29)21(17)11-15)18-10-8-16(28(4,5)6)12-22(18)26(24)30/h7-14H,1-6H3. The van der Waals surface area contributed by atoms with Gasteiger partial charge < -0.3 is 0 Å². The molecule has 0 aromatic heterocycles. The Balaban J connectivity index is 1.89. The molecule has 0 atom stereocenters. The molecule has 5 rings (SSSR count). The first-order valence-electron chi connectivity index (χ1n) is 10.5. The Labute approximate surface area is 175 Å². The Hall–Kier alpha value is -3.00. The lowest BCUT2D eigenvalue weighted by molar-refractivity contribution is 0.591. The molecule has 2 heteroatoms. The first-order valence-corrected chi connectivity index (χ1v) is 10.5. The third kappa shape index (κ3) is 2.56. The Morgan fingerprint density at radius 2 is 0.767 bits per heavy atom. The summed E-state index contributed by atoms with van der Waals surface area (Å²) in [6.45, 7) is 12.9. The van der Waals surface area contributed by atoms with Crippen molar-refractivity contribution in [1.82, 2.24) is 0 Å². The van der Waals surface area contributed by atoms with E-state index in [1.807, 2.05) is 36.4 Å². The van der Waals surface area contributed by atoms with Crippen molar-refractivity contribution in [1.29, 1.82) is 0 Å². The fourth-order valence-corrected chi connectivity index (χ4v) is 4.58. The first kappa shape index (κ1) is 19.0. The molecule has 5 aromatic carbocycles. The van der Waals surface area contributed by atoms with Crippen LogP contribution in [0, 0.1) is 0 Å². The maximum atomic E-state index is 13.3. The van der Waals surface area contributed by atoms with Gasteiger partial charge in [0.05, 0.1) is 0 Å². The van der Waals surface area contributed by atoms with E-state index in [0.717, 1.165) is 43.4 Å². The summed E-state index contributed by atoms with van der Waals surface area (Å²) < 4.78 is 0. The van der Waals surface area contributed by atoms with E-state index < -0.39 is 0 Å². The average molecular weight is 395 g/mol. The van der Waals surface area contributed by atoms with Gasteiger partial charge in [0.2, 0.25) is 0 Å². The van der Waals surface area contributed by atoms with Crippen molar-refractivity contribution in [2.75, 3.05) is 0 Å². The number of hydrogen-bond acceptors (Lipinski definition) is 2. The Bertz CT molecular complexity index is 1460. The van der Waals surface area contributed by atoms with Gasteiger partial charge in [-0.05, 0) is 67.8 Å². The van der Waals surface area contributed by atoms with E-state index in [0.29, 0.717) is 10.8 Å². The van der Waals surface area contributed by atoms with Gasteiger partial charge in [-0.3, -0.25) is 9.59 Å². The van der Waals surface area contributed by atoms with Crippen LogP contribution in [0.1, 0.15) is 52.7 Å². The van der Waals surface area contributed by atoms with Crippen LogP contribution in [0.25, 0.3) is 43.1 Å². The molecule has 0 spiro atoms. The van der Waals surface area contributed by atoms with E-state index in [9.17, 15) is 9.59 Å². The number of rotatable bonds is 0. The largest absolute Gasteiger partial charge is 0.289 e. The minimum Gasteiger partial charge on any atom is -0.289 e. The van der Waals surface area contributed by atoms with Gasteiger partial charge in [0, 0.05) is 21.5 Å². The van der Waals surface area contributed by atoms with E-state index in [2.05, 4.69) is 53.7 Å². The lowest BCUT2D eigenvalue weighted by atomic mass is 9.86. The average Bonchev–Trinajstić information content (AvgIpc) is 3.11. The topological polar surface area (TPSA) is 34.1 Å². The second-order valence-electron chi connectivity index (χ2n) is 10.6. The van der Waals surface area contributed by atoms with Crippen LogP contribution in [0.15, 0.2) is 58.1 Å². The summed E-state index contributed by atoms with van der Waals surface area (Å²) >= 11 is 0. The molecule has 0 radical (unpaired) electrons. The minimum atomic E-state index is -0.0223. The van der Waals surface area contributed by atoms with Gasteiger partial charge in [0.25, 0.3) is 0 Å². The van der Waals surface area contributed by atoms with Crippen molar-refractivity contribution in [2.45, 2.75) is 52.4 Å². The predicted molar refractivity (Wildman–Crippen MR) is 129 cm³/mol. The smallest absolute Gasteiger partial charge is 0.194 e. The van der Waals surface area contributed by atoms with Crippen LogP contribution in [0.2, 0.25) is 0 Å². The maximum Gasteiger partial charge on any atom is 0.194 e. The second-order valence-corrected chi connectivity index (χ2v) is 10.6. The van der Waals surface area contributed by atoms with Gasteiger partial charge in [0.1, 0.15) is 0 Å². The number of fused-ring (bicyclic) bond motifs is 6. The fraction of sp³-hybridized carbons (Fsp3) is 0.286. The summed E-state index contributed by atoms with van der Waals surface area (Å²) in [5.41, 5.74) is 2.36. The van der Waals surface area contributed by atoms with E-state index in [-0.39, 0.29) is 21.7 Å². The molecule has 30 heavy (non-hydrogen) atoms. The Morgan fingerprint density at radius 3 is 1.10 bits per heavy atom. The van der Waals surface area contributed by atoms with Crippen LogP contribution in [-0.4, -0.2) is 0 Å². The lowest BCUT2D eigenvalue weighted by Gasteiger charge is -2.18. The third-order valence-corrected chi connectivity index (χ3v) is 6.49. The molecule has 0 aliphatic rings. The van der Waals surface area contributed by atoms with Crippen molar-refractivity contribution >= 4 is 43.1 Å². The van der Waals surface area contributed by atoms with Crippen molar-refractivity contribution in [3.8, 4) is 0 Å². The van der Waals surface area contributed by atoms with Crippen LogP contribution >= 0.6 is 0 Å². The molecule has 0 aliphatic heterocycles. The quantitative estimate of drug-likeness (QED) is 0.301. The summed E-state index contributed by atoms with van der Waals surface area (Å²) in [5.74, 6) is 0. The van der Waals surface area contributed by atoms with E-state index in [4.69, 9.17) is 0 Å². The summed E-state index contributed by atoms with van der Waals surface area (Å²) in [6.07, 6.45) is 0. The van der Waals surface area contributed by atoms with E-state index in [1.54, 1.807) is 0 Å². The van der Waals surface area contributed by atoms with Crippen molar-refractivity contribution in [2.24, 2.45) is 0 Å². The highest BCUT2D eigenvalue weighted by atomic mass is 16.1. The van der Waals surface area contributed by atoms with Crippen LogP contribution in [-0.2, 0) is 10.8 Å². The fourth-order valence-electron chi connectivity index (χ4n) is 4.58. The Morgan fingerprint density at radius 1 is 0.433 bits per heavy atom. The van der Waals surface area contributed by atoms with E-state index >= 15 is 0 Å². The normalized spacial score (nSPS) is 13.3. The molecule has 150 valence electrons. The second kappa shape index (κ2) is 5.78. The SMILES string of the molecule is CC(C)(C)c1ccc2c(c1)c(=O)c1cc3c(cc12)c(=O)c1cc(C(C)(C)C)ccc13. The zero-order chi connectivity index (χ0) is 21.6. The highest BCUT2D eigenvalue weighted by Gasteiger charge is 2.21. The van der Waals surface area contributed by atoms with E-state index in [1.165, 1.54) is 0 Å². The molecule has 5 aromatic rings. The van der Waals surface area contributed by atoms with Crippen LogP contribution < -0.4 is 10.9 Å². The van der Waals surface area contributed by atoms with Crippen molar-refractivity contribution in [3.63, 3.8) is 0 Å². The maximum absolute atomic E-state index is 13.3. The summed E-state index contributed by atoms with van der Waals surface area (Å²) in [7, 11) is 0. The zero-order valence-electron chi connectivity index (χ0n) is 18.4. The van der Waals surface area contributed by atoms with Crippen LogP contribution in [0.4, 0.5) is 0 Å². The monoisotopic (exact) mass is 394 g/mol. The molecule has 0 amide bonds. The predicted octanol–water partition coefficient (Wildman–Crippen LogP) is 6.49. The highest BCUT2D eigenvalue weighted by molar-refractivity contribution is 6.21. The molecule has 0 heterocycles. The van der Waals surface area contributed by atoms with Gasteiger partial charge in [-0.1, -0.05) is 65.8 Å². The highest BCUT2D eigenvalue weighted by Crippen LogP contribution is 2.35. The number of hydrogen-bond donors (Lipinski definition) is 0. The molecule has 0 bridgehead atoms. The molecule has 0 saturated heterocycles. The van der Waals surface area contributed by atoms with Gasteiger partial charge in [-0.15, -0.1) is 0 Å². The third-order valence-electron chi connectivity index (χ3n) is 6.49. The molecule has 0 saturated carbocycles. The van der Waals surface area contributed by atoms with Crippen LogP contribution in [0.3, 0.4) is 0 Å². The van der Waals surface area contributed by atoms with Gasteiger partial charge in [0.15, 0.2) is 10.9 Å². The van der Waals surface area contributed by atoms with Crippen LogP contribution in [0.5, 0.6) is 0 Å². The summed E-state index contributed by atoms with van der Waals surface area (Å²) in [6, 6.07) is 16.2. The summed E-state index contributed by atoms with van der Waals surface area (Å²) in [4.78, 5) is 26.5. The molecule has 0 N–H and O–H groups in total. The molecule has 0 aliphatic carbocycles. The molecular weight excluding hydrogens is 368 g/mol. The molecule has 2 nitrogen and oxygen atoms in total. The first-order chi connectivity index (χ1) is 14.0. The Kier molecular flexibility index (Phi) is 3.66. The van der Waals surface area contributed by atoms with Gasteiger partial charge >= 0.3 is 0 Å². The lowest BCUT2D eigenvalue weighted by Crippen LogP contribution is -2.11. The molecule has 0 fully saturated rings. The van der Waals surface area contributed by atoms with Crippen molar-refractivity contribution in [3.05, 3.63) is 80.1 Å². The van der Waals surface area contributed by atoms with Crippen molar-refractivity contribution < 1.29 is 0 Å². The molecule has 0 unspecified atom stereocenters.